The van der Waals surface area contributed by atoms with Crippen LogP contribution in [-0.4, -0.2) is 59.1 Å². The van der Waals surface area contributed by atoms with Crippen LogP contribution in [0.25, 0.3) is 0 Å². The maximum atomic E-state index is 8.73. The molecule has 0 saturated carbocycles. The molecule has 0 aromatic heterocycles. The van der Waals surface area contributed by atoms with Crippen LogP contribution in [0.4, 0.5) is 0 Å². The Balaban J connectivity index is 2.51. The fourth-order valence-electron chi connectivity index (χ4n) is 2.29. The highest BCUT2D eigenvalue weighted by Gasteiger charge is 2.26. The van der Waals surface area contributed by atoms with Crippen LogP contribution < -0.4 is 5.73 Å². The van der Waals surface area contributed by atoms with E-state index in [1.165, 1.54) is 0 Å². The van der Waals surface area contributed by atoms with E-state index >= 15 is 0 Å². The summed E-state index contributed by atoms with van der Waals surface area (Å²) in [5.74, 6) is 0.334. The Morgan fingerprint density at radius 1 is 1.25 bits per heavy atom. The van der Waals surface area contributed by atoms with Gasteiger partial charge in [-0.15, -0.1) is 0 Å². The van der Waals surface area contributed by atoms with Crippen LogP contribution in [0.15, 0.2) is 5.16 Å². The van der Waals surface area contributed by atoms with E-state index in [4.69, 9.17) is 10.9 Å². The highest BCUT2D eigenvalue weighted by atomic mass is 16.4. The first-order chi connectivity index (χ1) is 7.60. The summed E-state index contributed by atoms with van der Waals surface area (Å²) in [6, 6.07) is 0.686. The molecule has 1 aliphatic heterocycles. The van der Waals surface area contributed by atoms with Crippen molar-refractivity contribution in [3.05, 3.63) is 0 Å². The molecule has 1 heterocycles. The predicted octanol–water partition coefficient (Wildman–Crippen LogP) is 0.537. The summed E-state index contributed by atoms with van der Waals surface area (Å²) in [6.45, 7) is 10.6. The monoisotopic (exact) mass is 228 g/mol. The van der Waals surface area contributed by atoms with Crippen LogP contribution in [0.1, 0.15) is 27.2 Å². The van der Waals surface area contributed by atoms with Gasteiger partial charge >= 0.3 is 0 Å². The molecule has 1 aliphatic rings. The van der Waals surface area contributed by atoms with Gasteiger partial charge in [0, 0.05) is 32.2 Å². The largest absolute Gasteiger partial charge is 0.409 e. The van der Waals surface area contributed by atoms with Gasteiger partial charge in [-0.2, -0.15) is 0 Å². The average molecular weight is 228 g/mol. The third kappa shape index (κ3) is 3.09. The molecule has 0 amide bonds. The quantitative estimate of drug-likeness (QED) is 0.319. The van der Waals surface area contributed by atoms with Gasteiger partial charge in [-0.25, -0.2) is 0 Å². The number of amidine groups is 1. The minimum atomic E-state index is 0.0827. The molecule has 1 unspecified atom stereocenters. The summed E-state index contributed by atoms with van der Waals surface area (Å²) in [5.41, 5.74) is 5.70. The number of nitrogens with zero attached hydrogens (tertiary/aromatic N) is 3. The van der Waals surface area contributed by atoms with Crippen molar-refractivity contribution in [1.82, 2.24) is 9.80 Å². The Hall–Kier alpha value is -0.810. The Morgan fingerprint density at radius 3 is 2.12 bits per heavy atom. The molecule has 0 aromatic rings. The summed E-state index contributed by atoms with van der Waals surface area (Å²) >= 11 is 0. The first-order valence-corrected chi connectivity index (χ1v) is 6.05. The van der Waals surface area contributed by atoms with Crippen LogP contribution in [0, 0.1) is 0 Å². The smallest absolute Gasteiger partial charge is 0.156 e. The van der Waals surface area contributed by atoms with Gasteiger partial charge in [-0.05, 0) is 20.3 Å². The van der Waals surface area contributed by atoms with E-state index in [0.29, 0.717) is 11.9 Å². The van der Waals surface area contributed by atoms with Crippen molar-refractivity contribution in [3.8, 4) is 0 Å². The van der Waals surface area contributed by atoms with Crippen molar-refractivity contribution >= 4 is 5.84 Å². The molecule has 1 fully saturated rings. The Bertz CT molecular complexity index is 234. The van der Waals surface area contributed by atoms with Crippen LogP contribution in [-0.2, 0) is 0 Å². The number of hydrogen-bond acceptors (Lipinski definition) is 4. The molecule has 0 aromatic carbocycles. The molecule has 0 radical (unpaired) electrons. The first-order valence-electron chi connectivity index (χ1n) is 6.05. The number of hydrogen-bond donors (Lipinski definition) is 2. The second kappa shape index (κ2) is 6.06. The molecule has 1 saturated heterocycles. The van der Waals surface area contributed by atoms with Gasteiger partial charge in [0.1, 0.15) is 0 Å². The third-order valence-electron chi connectivity index (χ3n) is 3.36. The number of piperazine rings is 1. The highest BCUT2D eigenvalue weighted by molar-refractivity contribution is 5.85. The van der Waals surface area contributed by atoms with Crippen LogP contribution in [0.2, 0.25) is 0 Å². The van der Waals surface area contributed by atoms with E-state index < -0.39 is 0 Å². The lowest BCUT2D eigenvalue weighted by molar-refractivity contribution is 0.0937. The summed E-state index contributed by atoms with van der Waals surface area (Å²) in [6.07, 6.45) is 0.886. The molecule has 1 atom stereocenters. The molecule has 16 heavy (non-hydrogen) atoms. The Morgan fingerprint density at radius 2 is 1.75 bits per heavy atom. The van der Waals surface area contributed by atoms with E-state index in [1.807, 2.05) is 0 Å². The molecule has 5 heteroatoms. The van der Waals surface area contributed by atoms with E-state index in [1.54, 1.807) is 0 Å². The zero-order chi connectivity index (χ0) is 12.1. The van der Waals surface area contributed by atoms with Crippen molar-refractivity contribution in [2.75, 3.05) is 26.2 Å². The fourth-order valence-corrected chi connectivity index (χ4v) is 2.29. The lowest BCUT2D eigenvalue weighted by atomic mass is 10.1. The van der Waals surface area contributed by atoms with Gasteiger partial charge in [0.25, 0.3) is 0 Å². The lowest BCUT2D eigenvalue weighted by Gasteiger charge is -2.40. The third-order valence-corrected chi connectivity index (χ3v) is 3.36. The SMILES string of the molecule is CCC(C(N)=NO)N1CCN(C(C)C)CC1. The topological polar surface area (TPSA) is 65.1 Å². The molecule has 0 spiro atoms. The van der Waals surface area contributed by atoms with Gasteiger partial charge in [0.2, 0.25) is 0 Å². The van der Waals surface area contributed by atoms with E-state index in [0.717, 1.165) is 32.6 Å². The molecule has 94 valence electrons. The van der Waals surface area contributed by atoms with E-state index in [-0.39, 0.29) is 6.04 Å². The number of oxime groups is 1. The standard InChI is InChI=1S/C11H24N4O/c1-4-10(11(12)13-16)15-7-5-14(6-8-15)9(2)3/h9-10,16H,4-8H2,1-3H3,(H2,12,13). The first kappa shape index (κ1) is 13.3. The molecule has 5 nitrogen and oxygen atoms in total. The molecule has 3 N–H and O–H groups in total. The fraction of sp³-hybridized carbons (Fsp3) is 0.909. The van der Waals surface area contributed by atoms with Gasteiger partial charge in [-0.3, -0.25) is 9.80 Å². The van der Waals surface area contributed by atoms with E-state index in [2.05, 4.69) is 35.7 Å². The van der Waals surface area contributed by atoms with Crippen LogP contribution in [0.3, 0.4) is 0 Å². The van der Waals surface area contributed by atoms with Crippen molar-refractivity contribution in [2.45, 2.75) is 39.3 Å². The minimum Gasteiger partial charge on any atom is -0.409 e. The number of nitrogens with two attached hydrogens (primary N) is 1. The number of rotatable bonds is 4. The zero-order valence-corrected chi connectivity index (χ0v) is 10.6. The van der Waals surface area contributed by atoms with Crippen molar-refractivity contribution in [3.63, 3.8) is 0 Å². The van der Waals surface area contributed by atoms with Crippen molar-refractivity contribution < 1.29 is 5.21 Å². The second-order valence-electron chi connectivity index (χ2n) is 4.61. The molecule has 0 aliphatic carbocycles. The van der Waals surface area contributed by atoms with Gasteiger partial charge in [0.05, 0.1) is 6.04 Å². The maximum Gasteiger partial charge on any atom is 0.156 e. The van der Waals surface area contributed by atoms with Gasteiger partial charge in [-0.1, -0.05) is 12.1 Å². The maximum absolute atomic E-state index is 8.73. The normalized spacial score (nSPS) is 22.6. The molecule has 0 bridgehead atoms. The predicted molar refractivity (Wildman–Crippen MR) is 65.8 cm³/mol. The Kier molecular flexibility index (Phi) is 5.02. The second-order valence-corrected chi connectivity index (χ2v) is 4.61. The molecule has 1 rings (SSSR count). The zero-order valence-electron chi connectivity index (χ0n) is 10.6. The van der Waals surface area contributed by atoms with Gasteiger partial charge in [0.15, 0.2) is 5.84 Å². The van der Waals surface area contributed by atoms with Crippen molar-refractivity contribution in [1.29, 1.82) is 0 Å². The average Bonchev–Trinajstić information content (AvgIpc) is 2.30. The van der Waals surface area contributed by atoms with Gasteiger partial charge < -0.3 is 10.9 Å². The van der Waals surface area contributed by atoms with Crippen LogP contribution >= 0.6 is 0 Å². The lowest BCUT2D eigenvalue weighted by Crippen LogP contribution is -2.55. The minimum absolute atomic E-state index is 0.0827. The summed E-state index contributed by atoms with van der Waals surface area (Å²) in [5, 5.41) is 11.9. The van der Waals surface area contributed by atoms with Crippen molar-refractivity contribution in [2.24, 2.45) is 10.9 Å². The summed E-state index contributed by atoms with van der Waals surface area (Å²) in [4.78, 5) is 4.75. The summed E-state index contributed by atoms with van der Waals surface area (Å²) < 4.78 is 0. The molecular formula is C11H24N4O. The summed E-state index contributed by atoms with van der Waals surface area (Å²) in [7, 11) is 0. The van der Waals surface area contributed by atoms with Crippen LogP contribution in [0.5, 0.6) is 0 Å². The highest BCUT2D eigenvalue weighted by Crippen LogP contribution is 2.11. The Labute approximate surface area is 97.9 Å². The molecular weight excluding hydrogens is 204 g/mol. The van der Waals surface area contributed by atoms with E-state index in [9.17, 15) is 0 Å².